The normalized spacial score (nSPS) is 11.2. The number of aromatic carboxylic acids is 2. The summed E-state index contributed by atoms with van der Waals surface area (Å²) >= 11 is 0. The molecular formula is C14H10BF3N2O8. The molecule has 0 fully saturated rings. The molecule has 148 valence electrons. The van der Waals surface area contributed by atoms with Crippen LogP contribution in [0, 0.1) is 0 Å². The van der Waals surface area contributed by atoms with Gasteiger partial charge in [0.15, 0.2) is 0 Å². The number of hydrogen-bond acceptors (Lipinski definition) is 7. The molecule has 7 N–H and O–H groups in total. The van der Waals surface area contributed by atoms with E-state index in [4.69, 9.17) is 5.73 Å². The zero-order chi connectivity index (χ0) is 21.4. The lowest BCUT2D eigenvalue weighted by molar-refractivity contribution is -0.274. The fourth-order valence-corrected chi connectivity index (χ4v) is 2.43. The van der Waals surface area contributed by atoms with E-state index < -0.39 is 70.3 Å². The lowest BCUT2D eigenvalue weighted by Gasteiger charge is -2.18. The first-order valence-corrected chi connectivity index (χ1v) is 7.12. The molecule has 0 bridgehead atoms. The summed E-state index contributed by atoms with van der Waals surface area (Å²) in [6.07, 6.45) is -5.27. The van der Waals surface area contributed by atoms with Gasteiger partial charge in [0.2, 0.25) is 0 Å². The maximum absolute atomic E-state index is 12.7. The van der Waals surface area contributed by atoms with Crippen molar-refractivity contribution in [2.45, 2.75) is 6.36 Å². The minimum absolute atomic E-state index is 0.434. The molecule has 28 heavy (non-hydrogen) atoms. The Bertz CT molecular complexity index is 1020. The summed E-state index contributed by atoms with van der Waals surface area (Å²) in [6, 6.07) is 2.05. The van der Waals surface area contributed by atoms with E-state index in [9.17, 15) is 47.8 Å². The highest BCUT2D eigenvalue weighted by atomic mass is 19.4. The van der Waals surface area contributed by atoms with E-state index in [0.29, 0.717) is 12.1 Å². The van der Waals surface area contributed by atoms with E-state index in [-0.39, 0.29) is 0 Å². The Hall–Kier alpha value is -3.52. The van der Waals surface area contributed by atoms with Gasteiger partial charge in [-0.3, -0.25) is 4.79 Å². The first-order valence-electron chi connectivity index (χ1n) is 7.12. The van der Waals surface area contributed by atoms with Gasteiger partial charge in [0.25, 0.3) is 5.56 Å². The molecule has 2 aromatic rings. The lowest BCUT2D eigenvalue weighted by Crippen LogP contribution is -2.31. The third-order valence-electron chi connectivity index (χ3n) is 3.47. The maximum atomic E-state index is 12.7. The predicted octanol–water partition coefficient (Wildman–Crippen LogP) is -0.401. The number of aromatic nitrogens is 1. The summed E-state index contributed by atoms with van der Waals surface area (Å²) in [4.78, 5) is 36.8. The molecule has 0 saturated carbocycles. The number of carbonyl (C=O) groups is 2. The zero-order valence-electron chi connectivity index (χ0n) is 13.4. The molecule has 10 nitrogen and oxygen atoms in total. The van der Waals surface area contributed by atoms with Crippen LogP contribution in [0.1, 0.15) is 20.7 Å². The Morgan fingerprint density at radius 1 is 1.11 bits per heavy atom. The molecular weight excluding hydrogens is 392 g/mol. The molecule has 0 saturated heterocycles. The molecule has 1 heterocycles. The summed E-state index contributed by atoms with van der Waals surface area (Å²) in [7, 11) is -2.21. The van der Waals surface area contributed by atoms with Gasteiger partial charge in [-0.25, -0.2) is 9.59 Å². The highest BCUT2D eigenvalue weighted by Crippen LogP contribution is 2.37. The van der Waals surface area contributed by atoms with Crippen molar-refractivity contribution in [3.05, 3.63) is 39.7 Å². The number of halogens is 3. The number of alkyl halides is 3. The van der Waals surface area contributed by atoms with Crippen LogP contribution in [0.15, 0.2) is 23.0 Å². The van der Waals surface area contributed by atoms with Gasteiger partial charge in [0, 0.05) is 11.1 Å². The molecule has 0 aliphatic rings. The number of nitrogen functional groups attached to an aromatic ring is 1. The monoisotopic (exact) mass is 402 g/mol. The second kappa shape index (κ2) is 7.24. The average molecular weight is 402 g/mol. The van der Waals surface area contributed by atoms with Crippen LogP contribution in [0.25, 0.3) is 11.1 Å². The second-order valence-electron chi connectivity index (χ2n) is 5.28. The smallest absolute Gasteiger partial charge is 0.478 e. The molecule has 0 unspecified atom stereocenters. The number of benzene rings is 1. The Morgan fingerprint density at radius 2 is 1.68 bits per heavy atom. The fourth-order valence-electron chi connectivity index (χ4n) is 2.43. The van der Waals surface area contributed by atoms with Crippen LogP contribution in [0.5, 0.6) is 5.75 Å². The Balaban J connectivity index is 3.04. The van der Waals surface area contributed by atoms with Crippen LogP contribution in [0.2, 0.25) is 0 Å². The fraction of sp³-hybridized carbons (Fsp3) is 0.0714. The predicted molar refractivity (Wildman–Crippen MR) is 87.3 cm³/mol. The van der Waals surface area contributed by atoms with E-state index in [1.54, 1.807) is 4.98 Å². The van der Waals surface area contributed by atoms with E-state index >= 15 is 0 Å². The van der Waals surface area contributed by atoms with Gasteiger partial charge in [0.05, 0.1) is 0 Å². The largest absolute Gasteiger partial charge is 0.573 e. The number of aromatic amines is 1. The topological polar surface area (TPSA) is 183 Å². The summed E-state index contributed by atoms with van der Waals surface area (Å²) in [5, 5.41) is 37.1. The highest BCUT2D eigenvalue weighted by molar-refractivity contribution is 6.58. The summed E-state index contributed by atoms with van der Waals surface area (Å²) in [6.45, 7) is 0. The number of H-pyrrole nitrogens is 1. The number of nitrogens with two attached hydrogens (primary N) is 1. The molecule has 2 rings (SSSR count). The van der Waals surface area contributed by atoms with Crippen molar-refractivity contribution in [3.8, 4) is 16.9 Å². The quantitative estimate of drug-likeness (QED) is 0.362. The number of carboxylic acids is 2. The van der Waals surface area contributed by atoms with Crippen molar-refractivity contribution in [2.75, 3.05) is 5.73 Å². The first-order chi connectivity index (χ1) is 12.8. The number of rotatable bonds is 5. The van der Waals surface area contributed by atoms with E-state index in [2.05, 4.69) is 4.74 Å². The average Bonchev–Trinajstić information content (AvgIpc) is 2.51. The van der Waals surface area contributed by atoms with Gasteiger partial charge in [-0.15, -0.1) is 13.2 Å². The minimum atomic E-state index is -5.27. The highest BCUT2D eigenvalue weighted by Gasteiger charge is 2.35. The van der Waals surface area contributed by atoms with Crippen molar-refractivity contribution >= 4 is 30.3 Å². The van der Waals surface area contributed by atoms with E-state index in [1.807, 2.05) is 0 Å². The zero-order valence-corrected chi connectivity index (χ0v) is 13.4. The molecule has 14 heteroatoms. The van der Waals surface area contributed by atoms with Crippen LogP contribution < -0.4 is 21.5 Å². The third-order valence-corrected chi connectivity index (χ3v) is 3.47. The minimum Gasteiger partial charge on any atom is -0.478 e. The van der Waals surface area contributed by atoms with Crippen molar-refractivity contribution < 1.29 is 47.8 Å². The molecule has 0 radical (unpaired) electrons. The number of ether oxygens (including phenoxy) is 1. The van der Waals surface area contributed by atoms with E-state index in [1.165, 1.54) is 0 Å². The molecule has 0 atom stereocenters. The van der Waals surface area contributed by atoms with Crippen molar-refractivity contribution in [3.63, 3.8) is 0 Å². The molecule has 0 aliphatic heterocycles. The van der Waals surface area contributed by atoms with Crippen molar-refractivity contribution in [1.29, 1.82) is 0 Å². The van der Waals surface area contributed by atoms with Crippen molar-refractivity contribution in [2.24, 2.45) is 0 Å². The van der Waals surface area contributed by atoms with Gasteiger partial charge in [0.1, 0.15) is 22.7 Å². The standard InChI is InChI=1S/C14H10BF3N2O8/c16-14(17,18)28-6-2-1-4(15(26)27)3-5(6)7-8(12(22)23)10(19)20-11(21)9(7)13(24)25/h1-3,26-27H,(H,22,23)(H,24,25)(H3,19,20,21). The SMILES string of the molecule is Nc1[nH]c(=O)c(C(=O)O)c(-c2cc(B(O)O)ccc2OC(F)(F)F)c1C(=O)O. The number of nitrogens with one attached hydrogen (secondary N) is 1. The Labute approximate surface area is 152 Å². The molecule has 0 amide bonds. The first kappa shape index (κ1) is 20.8. The van der Waals surface area contributed by atoms with Gasteiger partial charge >= 0.3 is 25.4 Å². The van der Waals surface area contributed by atoms with Gasteiger partial charge in [-0.1, -0.05) is 12.1 Å². The van der Waals surface area contributed by atoms with Crippen LogP contribution in [0.3, 0.4) is 0 Å². The molecule has 1 aromatic carbocycles. The van der Waals surface area contributed by atoms with Gasteiger partial charge < -0.3 is 35.7 Å². The Morgan fingerprint density at radius 3 is 2.14 bits per heavy atom. The Kier molecular flexibility index (Phi) is 5.38. The molecule has 0 aliphatic carbocycles. The van der Waals surface area contributed by atoms with Crippen molar-refractivity contribution in [1.82, 2.24) is 4.98 Å². The lowest BCUT2D eigenvalue weighted by atomic mass is 9.78. The molecule has 1 aromatic heterocycles. The number of pyridine rings is 1. The van der Waals surface area contributed by atoms with Gasteiger partial charge in [-0.05, 0) is 11.5 Å². The second-order valence-corrected chi connectivity index (χ2v) is 5.28. The van der Waals surface area contributed by atoms with Crippen LogP contribution in [0.4, 0.5) is 19.0 Å². The van der Waals surface area contributed by atoms with Crippen LogP contribution >= 0.6 is 0 Å². The number of hydrogen-bond donors (Lipinski definition) is 6. The third kappa shape index (κ3) is 4.07. The van der Waals surface area contributed by atoms with Crippen LogP contribution in [-0.4, -0.2) is 50.7 Å². The summed E-state index contributed by atoms with van der Waals surface area (Å²) < 4.78 is 41.9. The summed E-state index contributed by atoms with van der Waals surface area (Å²) in [5.41, 5.74) is -0.513. The van der Waals surface area contributed by atoms with Crippen LogP contribution in [-0.2, 0) is 0 Å². The van der Waals surface area contributed by atoms with Gasteiger partial charge in [-0.2, -0.15) is 0 Å². The number of carboxylic acid groups (broad SMARTS) is 2. The molecule has 0 spiro atoms. The number of anilines is 1. The maximum Gasteiger partial charge on any atom is 0.573 e. The summed E-state index contributed by atoms with van der Waals surface area (Å²) in [5.74, 6) is -5.75. The van der Waals surface area contributed by atoms with E-state index in [0.717, 1.165) is 6.07 Å².